The van der Waals surface area contributed by atoms with Gasteiger partial charge in [-0.1, -0.05) is 19.1 Å². The van der Waals surface area contributed by atoms with Gasteiger partial charge in [-0.05, 0) is 79.1 Å². The van der Waals surface area contributed by atoms with Gasteiger partial charge in [0, 0.05) is 11.3 Å². The molecule has 1 amide bonds. The Bertz CT molecular complexity index is 1270. The first kappa shape index (κ1) is 23.2. The van der Waals surface area contributed by atoms with Crippen LogP contribution in [0.5, 0.6) is 5.75 Å². The number of hydrogen-bond acceptors (Lipinski definition) is 4. The van der Waals surface area contributed by atoms with E-state index in [4.69, 9.17) is 4.74 Å². The number of carbonyl (C=O) groups excluding carboxylic acids is 2. The number of ketones is 1. The standard InChI is InChI=1S/C27H23F2NO4/c1-3-14-34-22-13-6-18(15-16(22)2)25(31)23-24(17-4-7-19(28)8-5-17)30(27(33)26(23)32)21-11-9-20(29)10-12-21/h4-13,15,24,31H,3,14H2,1-2H3/b25-23-. The van der Waals surface area contributed by atoms with Crippen LogP contribution in [0.1, 0.15) is 36.1 Å². The lowest BCUT2D eigenvalue weighted by atomic mass is 9.94. The van der Waals surface area contributed by atoms with Crippen LogP contribution in [-0.2, 0) is 9.59 Å². The van der Waals surface area contributed by atoms with Gasteiger partial charge in [0.25, 0.3) is 11.7 Å². The van der Waals surface area contributed by atoms with E-state index in [0.717, 1.165) is 12.0 Å². The van der Waals surface area contributed by atoms with Crippen LogP contribution in [0, 0.1) is 18.6 Å². The van der Waals surface area contributed by atoms with E-state index in [1.165, 1.54) is 53.4 Å². The molecule has 174 valence electrons. The molecule has 7 heteroatoms. The van der Waals surface area contributed by atoms with E-state index in [1.807, 2.05) is 13.8 Å². The Morgan fingerprint density at radius 3 is 2.18 bits per heavy atom. The molecule has 1 fully saturated rings. The van der Waals surface area contributed by atoms with Crippen molar-refractivity contribution in [3.05, 3.63) is 101 Å². The van der Waals surface area contributed by atoms with Gasteiger partial charge in [0.05, 0.1) is 18.2 Å². The number of hydrogen-bond donors (Lipinski definition) is 1. The van der Waals surface area contributed by atoms with Gasteiger partial charge in [0.1, 0.15) is 23.1 Å². The molecule has 0 aromatic heterocycles. The molecule has 1 aliphatic heterocycles. The molecule has 0 spiro atoms. The van der Waals surface area contributed by atoms with Crippen LogP contribution in [0.25, 0.3) is 5.76 Å². The molecule has 1 N–H and O–H groups in total. The second kappa shape index (κ2) is 9.47. The normalized spacial score (nSPS) is 17.3. The molecule has 3 aromatic rings. The maximum absolute atomic E-state index is 13.6. The number of aliphatic hydroxyl groups is 1. The highest BCUT2D eigenvalue weighted by atomic mass is 19.1. The van der Waals surface area contributed by atoms with E-state index in [2.05, 4.69) is 0 Å². The molecule has 3 aromatic carbocycles. The van der Waals surface area contributed by atoms with Crippen LogP contribution >= 0.6 is 0 Å². The van der Waals surface area contributed by atoms with Crippen molar-refractivity contribution >= 4 is 23.1 Å². The molecule has 1 heterocycles. The number of nitrogens with zero attached hydrogens (tertiary/aromatic N) is 1. The van der Waals surface area contributed by atoms with Crippen molar-refractivity contribution in [2.45, 2.75) is 26.3 Å². The zero-order valence-electron chi connectivity index (χ0n) is 18.7. The molecule has 5 nitrogen and oxygen atoms in total. The third-order valence-corrected chi connectivity index (χ3v) is 5.65. The number of anilines is 1. The number of benzene rings is 3. The highest BCUT2D eigenvalue weighted by molar-refractivity contribution is 6.51. The summed E-state index contributed by atoms with van der Waals surface area (Å²) in [7, 11) is 0. The van der Waals surface area contributed by atoms with Crippen LogP contribution in [0.15, 0.2) is 72.3 Å². The van der Waals surface area contributed by atoms with Crippen LogP contribution in [0.3, 0.4) is 0 Å². The van der Waals surface area contributed by atoms with E-state index in [0.29, 0.717) is 23.5 Å². The molecule has 0 saturated carbocycles. The Balaban J connectivity index is 1.87. The minimum atomic E-state index is -1.03. The molecule has 34 heavy (non-hydrogen) atoms. The molecule has 1 saturated heterocycles. The molecular weight excluding hydrogens is 440 g/mol. The fourth-order valence-corrected chi connectivity index (χ4v) is 3.99. The number of carbonyl (C=O) groups is 2. The molecule has 0 aliphatic carbocycles. The number of ether oxygens (including phenoxy) is 1. The average Bonchev–Trinajstić information content (AvgIpc) is 3.09. The van der Waals surface area contributed by atoms with Crippen LogP contribution in [0.4, 0.5) is 14.5 Å². The molecule has 0 bridgehead atoms. The predicted molar refractivity (Wildman–Crippen MR) is 125 cm³/mol. The lowest BCUT2D eigenvalue weighted by molar-refractivity contribution is -0.132. The van der Waals surface area contributed by atoms with E-state index in [-0.39, 0.29) is 17.0 Å². The maximum Gasteiger partial charge on any atom is 0.300 e. The first-order chi connectivity index (χ1) is 16.3. The monoisotopic (exact) mass is 463 g/mol. The Hall–Kier alpha value is -4.00. The highest BCUT2D eigenvalue weighted by Gasteiger charge is 2.47. The second-order valence-corrected chi connectivity index (χ2v) is 8.03. The lowest BCUT2D eigenvalue weighted by Crippen LogP contribution is -2.29. The molecule has 1 unspecified atom stereocenters. The van der Waals surface area contributed by atoms with E-state index >= 15 is 0 Å². The molecular formula is C27H23F2NO4. The summed E-state index contributed by atoms with van der Waals surface area (Å²) < 4.78 is 32.8. The quantitative estimate of drug-likeness (QED) is 0.290. The SMILES string of the molecule is CCCOc1ccc(/C(O)=C2/C(=O)C(=O)N(c3ccc(F)cc3)C2c2ccc(F)cc2)cc1C. The van der Waals surface area contributed by atoms with Gasteiger partial charge < -0.3 is 9.84 Å². The second-order valence-electron chi connectivity index (χ2n) is 8.03. The third kappa shape index (κ3) is 4.29. The highest BCUT2D eigenvalue weighted by Crippen LogP contribution is 2.42. The summed E-state index contributed by atoms with van der Waals surface area (Å²) in [4.78, 5) is 27.4. The summed E-state index contributed by atoms with van der Waals surface area (Å²) in [5.41, 5.74) is 1.65. The Labute approximate surface area is 195 Å². The summed E-state index contributed by atoms with van der Waals surface area (Å²) >= 11 is 0. The average molecular weight is 463 g/mol. The predicted octanol–water partition coefficient (Wildman–Crippen LogP) is 5.69. The minimum Gasteiger partial charge on any atom is -0.507 e. The lowest BCUT2D eigenvalue weighted by Gasteiger charge is -2.25. The molecule has 4 rings (SSSR count). The van der Waals surface area contributed by atoms with Crippen molar-refractivity contribution in [3.63, 3.8) is 0 Å². The van der Waals surface area contributed by atoms with Crippen molar-refractivity contribution in [2.24, 2.45) is 0 Å². The van der Waals surface area contributed by atoms with Gasteiger partial charge in [-0.25, -0.2) is 8.78 Å². The zero-order valence-corrected chi connectivity index (χ0v) is 18.7. The molecule has 0 radical (unpaired) electrons. The van der Waals surface area contributed by atoms with Gasteiger partial charge in [-0.15, -0.1) is 0 Å². The van der Waals surface area contributed by atoms with Crippen LogP contribution < -0.4 is 9.64 Å². The summed E-state index contributed by atoms with van der Waals surface area (Å²) in [6.45, 7) is 4.35. The number of amides is 1. The van der Waals surface area contributed by atoms with Crippen LogP contribution in [0.2, 0.25) is 0 Å². The summed E-state index contributed by atoms with van der Waals surface area (Å²) in [5.74, 6) is -2.45. The minimum absolute atomic E-state index is 0.137. The van der Waals surface area contributed by atoms with E-state index in [1.54, 1.807) is 18.2 Å². The number of aliphatic hydroxyl groups excluding tert-OH is 1. The van der Waals surface area contributed by atoms with Gasteiger partial charge in [-0.3, -0.25) is 14.5 Å². The van der Waals surface area contributed by atoms with Crippen molar-refractivity contribution in [3.8, 4) is 5.75 Å². The summed E-state index contributed by atoms with van der Waals surface area (Å²) in [6.07, 6.45) is 0.839. The summed E-state index contributed by atoms with van der Waals surface area (Å²) in [5, 5.41) is 11.2. The van der Waals surface area contributed by atoms with Crippen molar-refractivity contribution < 1.29 is 28.2 Å². The van der Waals surface area contributed by atoms with E-state index in [9.17, 15) is 23.5 Å². The smallest absolute Gasteiger partial charge is 0.300 e. The number of halogens is 2. The van der Waals surface area contributed by atoms with Gasteiger partial charge in [-0.2, -0.15) is 0 Å². The first-order valence-corrected chi connectivity index (χ1v) is 10.9. The topological polar surface area (TPSA) is 66.8 Å². The molecule has 1 aliphatic rings. The maximum atomic E-state index is 13.6. The summed E-state index contributed by atoms with van der Waals surface area (Å²) in [6, 6.07) is 14.4. The number of aryl methyl sites for hydroxylation is 1. The van der Waals surface area contributed by atoms with Crippen LogP contribution in [-0.4, -0.2) is 23.4 Å². The van der Waals surface area contributed by atoms with Gasteiger partial charge in [0.15, 0.2) is 0 Å². The zero-order chi connectivity index (χ0) is 24.4. The first-order valence-electron chi connectivity index (χ1n) is 10.9. The Morgan fingerprint density at radius 2 is 1.59 bits per heavy atom. The Kier molecular flexibility index (Phi) is 6.45. The number of rotatable bonds is 6. The Morgan fingerprint density at radius 1 is 0.971 bits per heavy atom. The fourth-order valence-electron chi connectivity index (χ4n) is 3.99. The van der Waals surface area contributed by atoms with Crippen molar-refractivity contribution in [1.82, 2.24) is 0 Å². The van der Waals surface area contributed by atoms with Gasteiger partial charge >= 0.3 is 0 Å². The fraction of sp³-hybridized carbons (Fsp3) is 0.185. The van der Waals surface area contributed by atoms with Crippen molar-refractivity contribution in [2.75, 3.05) is 11.5 Å². The van der Waals surface area contributed by atoms with Crippen molar-refractivity contribution in [1.29, 1.82) is 0 Å². The number of Topliss-reactive ketones (excluding diaryl/α,β-unsaturated/α-hetero) is 1. The van der Waals surface area contributed by atoms with Gasteiger partial charge in [0.2, 0.25) is 0 Å². The third-order valence-electron chi connectivity index (χ3n) is 5.65. The van der Waals surface area contributed by atoms with E-state index < -0.39 is 29.4 Å². The largest absolute Gasteiger partial charge is 0.507 e. The molecule has 1 atom stereocenters.